The van der Waals surface area contributed by atoms with Crippen molar-refractivity contribution in [2.24, 2.45) is 11.7 Å². The third-order valence-electron chi connectivity index (χ3n) is 3.06. The molecule has 1 heterocycles. The molecule has 1 fully saturated rings. The summed E-state index contributed by atoms with van der Waals surface area (Å²) in [5.41, 5.74) is 8.59. The standard InChI is InChI=1S/C12H16ClNO/c1-8-6-10(13)2-3-11(8)12(14)9-4-5-15-7-9/h2-3,6,9,12H,4-5,7,14H2,1H3. The van der Waals surface area contributed by atoms with Gasteiger partial charge in [-0.25, -0.2) is 0 Å². The van der Waals surface area contributed by atoms with Crippen LogP contribution in [-0.2, 0) is 4.74 Å². The average Bonchev–Trinajstić information content (AvgIpc) is 2.69. The highest BCUT2D eigenvalue weighted by Gasteiger charge is 2.24. The van der Waals surface area contributed by atoms with Crippen LogP contribution in [-0.4, -0.2) is 13.2 Å². The molecule has 2 atom stereocenters. The summed E-state index contributed by atoms with van der Waals surface area (Å²) in [6, 6.07) is 5.97. The quantitative estimate of drug-likeness (QED) is 0.840. The number of hydrogen-bond acceptors (Lipinski definition) is 2. The fraction of sp³-hybridized carbons (Fsp3) is 0.500. The van der Waals surface area contributed by atoms with E-state index in [9.17, 15) is 0 Å². The van der Waals surface area contributed by atoms with E-state index in [2.05, 4.69) is 6.92 Å². The Hall–Kier alpha value is -0.570. The first kappa shape index (κ1) is 10.9. The third kappa shape index (κ3) is 2.33. The monoisotopic (exact) mass is 225 g/mol. The second kappa shape index (κ2) is 4.52. The number of benzene rings is 1. The van der Waals surface area contributed by atoms with E-state index in [1.54, 1.807) is 0 Å². The molecule has 0 aromatic heterocycles. The molecule has 82 valence electrons. The van der Waals surface area contributed by atoms with Crippen molar-refractivity contribution in [3.05, 3.63) is 34.3 Å². The Labute approximate surface area is 95.4 Å². The second-order valence-corrected chi connectivity index (χ2v) is 4.59. The fourth-order valence-corrected chi connectivity index (χ4v) is 2.33. The largest absolute Gasteiger partial charge is 0.381 e. The molecule has 3 heteroatoms. The lowest BCUT2D eigenvalue weighted by Gasteiger charge is -2.20. The van der Waals surface area contributed by atoms with Crippen LogP contribution in [0.4, 0.5) is 0 Å². The van der Waals surface area contributed by atoms with Gasteiger partial charge in [-0.2, -0.15) is 0 Å². The molecule has 1 aromatic rings. The van der Waals surface area contributed by atoms with Crippen molar-refractivity contribution >= 4 is 11.6 Å². The average molecular weight is 226 g/mol. The summed E-state index contributed by atoms with van der Waals surface area (Å²) in [6.45, 7) is 3.67. The van der Waals surface area contributed by atoms with E-state index in [0.717, 1.165) is 24.7 Å². The lowest BCUT2D eigenvalue weighted by Crippen LogP contribution is -2.22. The Bertz CT molecular complexity index is 347. The van der Waals surface area contributed by atoms with Crippen molar-refractivity contribution in [1.82, 2.24) is 0 Å². The molecule has 1 aliphatic rings. The van der Waals surface area contributed by atoms with Gasteiger partial charge in [0.2, 0.25) is 0 Å². The Morgan fingerprint density at radius 1 is 1.53 bits per heavy atom. The normalized spacial score (nSPS) is 23.0. The van der Waals surface area contributed by atoms with Crippen LogP contribution in [0.25, 0.3) is 0 Å². The Morgan fingerprint density at radius 2 is 2.33 bits per heavy atom. The van der Waals surface area contributed by atoms with Gasteiger partial charge in [-0.05, 0) is 36.6 Å². The molecule has 2 unspecified atom stereocenters. The molecule has 0 aliphatic carbocycles. The van der Waals surface area contributed by atoms with Gasteiger partial charge in [-0.15, -0.1) is 0 Å². The van der Waals surface area contributed by atoms with Gasteiger partial charge in [0.25, 0.3) is 0 Å². The van der Waals surface area contributed by atoms with Crippen molar-refractivity contribution in [3.8, 4) is 0 Å². The predicted molar refractivity (Wildman–Crippen MR) is 62.0 cm³/mol. The summed E-state index contributed by atoms with van der Waals surface area (Å²) in [5.74, 6) is 0.449. The summed E-state index contributed by atoms with van der Waals surface area (Å²) in [5, 5.41) is 0.770. The maximum Gasteiger partial charge on any atom is 0.0513 e. The molecular formula is C12H16ClNO. The molecule has 0 bridgehead atoms. The van der Waals surface area contributed by atoms with E-state index in [-0.39, 0.29) is 6.04 Å². The van der Waals surface area contributed by atoms with Crippen molar-refractivity contribution in [1.29, 1.82) is 0 Å². The van der Waals surface area contributed by atoms with Gasteiger partial charge in [0.05, 0.1) is 6.61 Å². The van der Waals surface area contributed by atoms with Crippen molar-refractivity contribution in [2.45, 2.75) is 19.4 Å². The predicted octanol–water partition coefficient (Wildman–Crippen LogP) is 2.68. The van der Waals surface area contributed by atoms with Crippen molar-refractivity contribution in [2.75, 3.05) is 13.2 Å². The first-order valence-electron chi connectivity index (χ1n) is 5.28. The maximum absolute atomic E-state index is 6.23. The number of ether oxygens (including phenoxy) is 1. The summed E-state index contributed by atoms with van der Waals surface area (Å²) in [6.07, 6.45) is 1.06. The Morgan fingerprint density at radius 3 is 2.93 bits per heavy atom. The van der Waals surface area contributed by atoms with Gasteiger partial charge in [0, 0.05) is 23.6 Å². The molecule has 2 rings (SSSR count). The summed E-state index contributed by atoms with van der Waals surface area (Å²) in [7, 11) is 0. The Kier molecular flexibility index (Phi) is 3.29. The number of nitrogens with two attached hydrogens (primary N) is 1. The van der Waals surface area contributed by atoms with Crippen LogP contribution in [0.5, 0.6) is 0 Å². The molecule has 1 aliphatic heterocycles. The van der Waals surface area contributed by atoms with E-state index in [0.29, 0.717) is 5.92 Å². The minimum atomic E-state index is 0.0739. The maximum atomic E-state index is 6.23. The van der Waals surface area contributed by atoms with Gasteiger partial charge in [0.15, 0.2) is 0 Å². The lowest BCUT2D eigenvalue weighted by molar-refractivity contribution is 0.181. The van der Waals surface area contributed by atoms with E-state index < -0.39 is 0 Å². The van der Waals surface area contributed by atoms with Gasteiger partial charge in [0.1, 0.15) is 0 Å². The number of aryl methyl sites for hydroxylation is 1. The van der Waals surface area contributed by atoms with Gasteiger partial charge < -0.3 is 10.5 Å². The molecule has 0 spiro atoms. The van der Waals surface area contributed by atoms with Gasteiger partial charge in [-0.1, -0.05) is 17.7 Å². The molecule has 1 saturated heterocycles. The highest BCUT2D eigenvalue weighted by Crippen LogP contribution is 2.29. The summed E-state index contributed by atoms with van der Waals surface area (Å²) in [4.78, 5) is 0. The van der Waals surface area contributed by atoms with E-state index >= 15 is 0 Å². The van der Waals surface area contributed by atoms with E-state index in [4.69, 9.17) is 22.1 Å². The lowest BCUT2D eigenvalue weighted by atomic mass is 9.90. The molecule has 2 N–H and O–H groups in total. The minimum absolute atomic E-state index is 0.0739. The molecule has 0 saturated carbocycles. The molecule has 2 nitrogen and oxygen atoms in total. The zero-order chi connectivity index (χ0) is 10.8. The third-order valence-corrected chi connectivity index (χ3v) is 3.30. The first-order valence-corrected chi connectivity index (χ1v) is 5.65. The Balaban J connectivity index is 2.20. The number of rotatable bonds is 2. The fourth-order valence-electron chi connectivity index (χ4n) is 2.10. The molecule has 1 aromatic carbocycles. The summed E-state index contributed by atoms with van der Waals surface area (Å²) >= 11 is 5.92. The van der Waals surface area contributed by atoms with Crippen LogP contribution in [0.15, 0.2) is 18.2 Å². The van der Waals surface area contributed by atoms with Gasteiger partial charge >= 0.3 is 0 Å². The van der Waals surface area contributed by atoms with Crippen LogP contribution in [0.2, 0.25) is 5.02 Å². The molecule has 0 amide bonds. The van der Waals surface area contributed by atoms with Crippen molar-refractivity contribution in [3.63, 3.8) is 0 Å². The van der Waals surface area contributed by atoms with Crippen LogP contribution < -0.4 is 5.73 Å². The highest BCUT2D eigenvalue weighted by molar-refractivity contribution is 6.30. The van der Waals surface area contributed by atoms with Crippen LogP contribution in [0, 0.1) is 12.8 Å². The highest BCUT2D eigenvalue weighted by atomic mass is 35.5. The molecule has 15 heavy (non-hydrogen) atoms. The topological polar surface area (TPSA) is 35.2 Å². The second-order valence-electron chi connectivity index (χ2n) is 4.15. The summed E-state index contributed by atoms with van der Waals surface area (Å²) < 4.78 is 5.36. The molecule has 0 radical (unpaired) electrons. The zero-order valence-corrected chi connectivity index (χ0v) is 9.63. The molecular weight excluding hydrogens is 210 g/mol. The number of hydrogen-bond donors (Lipinski definition) is 1. The van der Waals surface area contributed by atoms with E-state index in [1.807, 2.05) is 18.2 Å². The zero-order valence-electron chi connectivity index (χ0n) is 8.87. The van der Waals surface area contributed by atoms with Crippen LogP contribution in [0.1, 0.15) is 23.6 Å². The minimum Gasteiger partial charge on any atom is -0.381 e. The number of halogens is 1. The van der Waals surface area contributed by atoms with Gasteiger partial charge in [-0.3, -0.25) is 0 Å². The smallest absolute Gasteiger partial charge is 0.0513 e. The first-order chi connectivity index (χ1) is 7.18. The van der Waals surface area contributed by atoms with Crippen molar-refractivity contribution < 1.29 is 4.74 Å². The SMILES string of the molecule is Cc1cc(Cl)ccc1C(N)C1CCOC1. The van der Waals surface area contributed by atoms with E-state index in [1.165, 1.54) is 11.1 Å². The van der Waals surface area contributed by atoms with Crippen LogP contribution >= 0.6 is 11.6 Å². The van der Waals surface area contributed by atoms with Crippen LogP contribution in [0.3, 0.4) is 0 Å².